The molecule has 0 bridgehead atoms. The highest BCUT2D eigenvalue weighted by Gasteiger charge is 2.27. The Kier molecular flexibility index (Phi) is 5.61. The molecule has 0 spiro atoms. The van der Waals surface area contributed by atoms with Gasteiger partial charge in [0, 0.05) is 24.6 Å². The molecule has 1 aliphatic carbocycles. The lowest BCUT2D eigenvalue weighted by Gasteiger charge is -2.11. The quantitative estimate of drug-likeness (QED) is 0.583. The van der Waals surface area contributed by atoms with Crippen molar-refractivity contribution >= 4 is 17.4 Å². The third-order valence-corrected chi connectivity index (χ3v) is 3.73. The molecule has 1 aromatic rings. The van der Waals surface area contributed by atoms with Gasteiger partial charge < -0.3 is 10.1 Å². The maximum absolute atomic E-state index is 6.18. The van der Waals surface area contributed by atoms with E-state index in [9.17, 15) is 0 Å². The third kappa shape index (κ3) is 4.60. The number of rotatable bonds is 8. The van der Waals surface area contributed by atoms with Crippen molar-refractivity contribution in [3.63, 3.8) is 0 Å². The summed E-state index contributed by atoms with van der Waals surface area (Å²) in [5.74, 6) is 2.30. The summed E-state index contributed by atoms with van der Waals surface area (Å²) in [5, 5.41) is 3.95. The number of hydrogen-bond acceptors (Lipinski definition) is 4. The summed E-state index contributed by atoms with van der Waals surface area (Å²) >= 11 is 6.18. The topological polar surface area (TPSA) is 47.0 Å². The maximum Gasteiger partial charge on any atom is 0.137 e. The van der Waals surface area contributed by atoms with E-state index in [-0.39, 0.29) is 0 Å². The third-order valence-electron chi connectivity index (χ3n) is 3.36. The van der Waals surface area contributed by atoms with E-state index in [1.165, 1.54) is 12.8 Å². The first kappa shape index (κ1) is 15.5. The molecule has 1 saturated carbocycles. The Balaban J connectivity index is 1.80. The van der Waals surface area contributed by atoms with Crippen molar-refractivity contribution in [2.75, 3.05) is 18.5 Å². The van der Waals surface area contributed by atoms with E-state index < -0.39 is 0 Å². The standard InChI is InChI=1S/C15H24ClN3O/c1-10(2)20-9-5-4-8-17-14-11(3)13(16)18-15(19-14)12-6-7-12/h10,12H,4-9H2,1-3H3,(H,17,18,19). The minimum absolute atomic E-state index is 0.312. The number of halogens is 1. The van der Waals surface area contributed by atoms with Gasteiger partial charge in [-0.25, -0.2) is 9.97 Å². The average Bonchev–Trinajstić information content (AvgIpc) is 3.22. The molecule has 20 heavy (non-hydrogen) atoms. The Morgan fingerprint density at radius 3 is 2.70 bits per heavy atom. The molecule has 0 saturated heterocycles. The minimum Gasteiger partial charge on any atom is -0.379 e. The van der Waals surface area contributed by atoms with Crippen LogP contribution in [0, 0.1) is 6.92 Å². The first-order valence-corrected chi connectivity index (χ1v) is 7.85. The van der Waals surface area contributed by atoms with E-state index in [1.807, 2.05) is 6.92 Å². The molecule has 5 heteroatoms. The Hall–Kier alpha value is -0.870. The second-order valence-corrected chi connectivity index (χ2v) is 6.03. The molecule has 0 aliphatic heterocycles. The second-order valence-electron chi connectivity index (χ2n) is 5.67. The van der Waals surface area contributed by atoms with Gasteiger partial charge in [-0.3, -0.25) is 0 Å². The van der Waals surface area contributed by atoms with Crippen LogP contribution in [0.3, 0.4) is 0 Å². The monoisotopic (exact) mass is 297 g/mol. The molecule has 1 N–H and O–H groups in total. The van der Waals surface area contributed by atoms with Gasteiger partial charge in [-0.1, -0.05) is 11.6 Å². The summed E-state index contributed by atoms with van der Waals surface area (Å²) in [4.78, 5) is 8.97. The van der Waals surface area contributed by atoms with E-state index in [4.69, 9.17) is 16.3 Å². The van der Waals surface area contributed by atoms with Crippen LogP contribution in [0.4, 0.5) is 5.82 Å². The fourth-order valence-electron chi connectivity index (χ4n) is 1.95. The fraction of sp³-hybridized carbons (Fsp3) is 0.733. The molecule has 1 aromatic heterocycles. The SMILES string of the molecule is Cc1c(Cl)nc(C2CC2)nc1NCCCCOC(C)C. The van der Waals surface area contributed by atoms with Gasteiger partial charge in [0.05, 0.1) is 6.10 Å². The summed E-state index contributed by atoms with van der Waals surface area (Å²) in [6, 6.07) is 0. The zero-order valence-corrected chi connectivity index (χ0v) is 13.3. The minimum atomic E-state index is 0.312. The molecular formula is C15H24ClN3O. The Bertz CT molecular complexity index is 447. The van der Waals surface area contributed by atoms with Crippen LogP contribution in [0.25, 0.3) is 0 Å². The first-order valence-electron chi connectivity index (χ1n) is 7.47. The molecule has 0 aromatic carbocycles. The number of unbranched alkanes of at least 4 members (excludes halogenated alkanes) is 1. The average molecular weight is 298 g/mol. The predicted molar refractivity (Wildman–Crippen MR) is 82.6 cm³/mol. The Morgan fingerprint density at radius 2 is 2.05 bits per heavy atom. The lowest BCUT2D eigenvalue weighted by molar-refractivity contribution is 0.0765. The van der Waals surface area contributed by atoms with Crippen molar-refractivity contribution in [2.24, 2.45) is 0 Å². The molecule has 112 valence electrons. The number of ether oxygens (including phenoxy) is 1. The van der Waals surface area contributed by atoms with Gasteiger partial charge in [0.15, 0.2) is 0 Å². The lowest BCUT2D eigenvalue weighted by atomic mass is 10.3. The van der Waals surface area contributed by atoms with Crippen molar-refractivity contribution in [1.29, 1.82) is 0 Å². The van der Waals surface area contributed by atoms with Crippen LogP contribution in [0.1, 0.15) is 56.8 Å². The van der Waals surface area contributed by atoms with Gasteiger partial charge in [0.2, 0.25) is 0 Å². The molecule has 0 unspecified atom stereocenters. The number of hydrogen-bond donors (Lipinski definition) is 1. The first-order chi connectivity index (χ1) is 9.58. The maximum atomic E-state index is 6.18. The van der Waals surface area contributed by atoms with Crippen LogP contribution in [0.15, 0.2) is 0 Å². The summed E-state index contributed by atoms with van der Waals surface area (Å²) in [6.45, 7) is 7.78. The number of aromatic nitrogens is 2. The van der Waals surface area contributed by atoms with Gasteiger partial charge in [-0.05, 0) is 46.5 Å². The molecule has 1 aliphatic rings. The molecule has 0 atom stereocenters. The molecule has 0 amide bonds. The van der Waals surface area contributed by atoms with Gasteiger partial charge in [0.1, 0.15) is 16.8 Å². The van der Waals surface area contributed by atoms with Crippen LogP contribution < -0.4 is 5.32 Å². The zero-order valence-electron chi connectivity index (χ0n) is 12.6. The summed E-state index contributed by atoms with van der Waals surface area (Å²) in [6.07, 6.45) is 4.80. The van der Waals surface area contributed by atoms with E-state index in [1.54, 1.807) is 0 Å². The Morgan fingerprint density at radius 1 is 1.30 bits per heavy atom. The van der Waals surface area contributed by atoms with Crippen LogP contribution in [0.5, 0.6) is 0 Å². The summed E-state index contributed by atoms with van der Waals surface area (Å²) in [7, 11) is 0. The highest BCUT2D eigenvalue weighted by Crippen LogP contribution is 2.39. The summed E-state index contributed by atoms with van der Waals surface area (Å²) < 4.78 is 5.52. The highest BCUT2D eigenvalue weighted by molar-refractivity contribution is 6.30. The van der Waals surface area contributed by atoms with Gasteiger partial charge in [-0.15, -0.1) is 0 Å². The second kappa shape index (κ2) is 7.23. The van der Waals surface area contributed by atoms with Crippen molar-refractivity contribution in [2.45, 2.75) is 58.5 Å². The van der Waals surface area contributed by atoms with Gasteiger partial charge in [-0.2, -0.15) is 0 Å². The number of nitrogens with zero attached hydrogens (tertiary/aromatic N) is 2. The number of anilines is 1. The van der Waals surface area contributed by atoms with Crippen molar-refractivity contribution < 1.29 is 4.74 Å². The molecule has 4 nitrogen and oxygen atoms in total. The molecule has 0 radical (unpaired) electrons. The van der Waals surface area contributed by atoms with Crippen LogP contribution in [-0.4, -0.2) is 29.2 Å². The van der Waals surface area contributed by atoms with Gasteiger partial charge in [0.25, 0.3) is 0 Å². The molecule has 2 rings (SSSR count). The summed E-state index contributed by atoms with van der Waals surface area (Å²) in [5.41, 5.74) is 0.939. The zero-order chi connectivity index (χ0) is 14.5. The van der Waals surface area contributed by atoms with Crippen LogP contribution in [0.2, 0.25) is 5.15 Å². The Labute approximate surface area is 126 Å². The van der Waals surface area contributed by atoms with Crippen molar-refractivity contribution in [1.82, 2.24) is 9.97 Å². The predicted octanol–water partition coefficient (Wildman–Crippen LogP) is 3.93. The molecule has 1 heterocycles. The van der Waals surface area contributed by atoms with Crippen molar-refractivity contribution in [3.8, 4) is 0 Å². The van der Waals surface area contributed by atoms with E-state index in [2.05, 4.69) is 29.1 Å². The molecule has 1 fully saturated rings. The van der Waals surface area contributed by atoms with Crippen molar-refractivity contribution in [3.05, 3.63) is 16.5 Å². The van der Waals surface area contributed by atoms with E-state index in [0.717, 1.165) is 43.2 Å². The normalized spacial score (nSPS) is 14.8. The van der Waals surface area contributed by atoms with Crippen LogP contribution >= 0.6 is 11.6 Å². The highest BCUT2D eigenvalue weighted by atomic mass is 35.5. The van der Waals surface area contributed by atoms with E-state index in [0.29, 0.717) is 17.2 Å². The van der Waals surface area contributed by atoms with Crippen LogP contribution in [-0.2, 0) is 4.74 Å². The smallest absolute Gasteiger partial charge is 0.137 e. The molecular weight excluding hydrogens is 274 g/mol. The lowest BCUT2D eigenvalue weighted by Crippen LogP contribution is -2.10. The van der Waals surface area contributed by atoms with Gasteiger partial charge >= 0.3 is 0 Å². The largest absolute Gasteiger partial charge is 0.379 e. The van der Waals surface area contributed by atoms with E-state index >= 15 is 0 Å². The fourth-order valence-corrected chi connectivity index (χ4v) is 2.13. The number of nitrogens with one attached hydrogen (secondary N) is 1.